The van der Waals surface area contributed by atoms with E-state index in [2.05, 4.69) is 60.2 Å². The lowest BCUT2D eigenvalue weighted by Crippen LogP contribution is -2.20. The Morgan fingerprint density at radius 1 is 1.12 bits per heavy atom. The lowest BCUT2D eigenvalue weighted by atomic mass is 10.2. The molecule has 1 heterocycles. The van der Waals surface area contributed by atoms with Gasteiger partial charge in [-0.1, -0.05) is 12.1 Å². The van der Waals surface area contributed by atoms with E-state index in [1.807, 2.05) is 11.6 Å². The van der Waals surface area contributed by atoms with Crippen molar-refractivity contribution >= 4 is 22.7 Å². The highest BCUT2D eigenvalue weighted by Crippen LogP contribution is 2.27. The van der Waals surface area contributed by atoms with E-state index >= 15 is 0 Å². The van der Waals surface area contributed by atoms with Gasteiger partial charge >= 0.3 is 0 Å². The Hall–Kier alpha value is -1.55. The largest absolute Gasteiger partial charge is 0.376 e. The maximum absolute atomic E-state index is 4.32. The monoisotopic (exact) mass is 247 g/mol. The highest BCUT2D eigenvalue weighted by Gasteiger charge is 2.09. The van der Waals surface area contributed by atoms with Gasteiger partial charge in [-0.05, 0) is 12.1 Å². The van der Waals surface area contributed by atoms with Gasteiger partial charge in [0.25, 0.3) is 0 Å². The number of rotatable bonds is 4. The molecule has 0 amide bonds. The van der Waals surface area contributed by atoms with Gasteiger partial charge in [0.2, 0.25) is 0 Å². The predicted octanol–water partition coefficient (Wildman–Crippen LogP) is 2.85. The molecule has 2 aromatic rings. The molecule has 0 saturated carbocycles. The van der Waals surface area contributed by atoms with E-state index in [1.54, 1.807) is 11.3 Å². The zero-order valence-corrected chi connectivity index (χ0v) is 11.2. The van der Waals surface area contributed by atoms with Crippen LogP contribution in [0.15, 0.2) is 35.8 Å². The molecule has 1 aromatic carbocycles. The summed E-state index contributed by atoms with van der Waals surface area (Å²) >= 11 is 1.69. The molecule has 0 aliphatic heterocycles. The second-order valence-corrected chi connectivity index (χ2v) is 5.14. The minimum Gasteiger partial charge on any atom is -0.376 e. The summed E-state index contributed by atoms with van der Waals surface area (Å²) in [7, 11) is 6.23. The summed E-state index contributed by atoms with van der Waals surface area (Å²) in [5, 5.41) is 3.15. The molecule has 0 fully saturated rings. The molecular weight excluding hydrogens is 230 g/mol. The zero-order chi connectivity index (χ0) is 12.3. The van der Waals surface area contributed by atoms with Gasteiger partial charge in [0.05, 0.1) is 17.9 Å². The van der Waals surface area contributed by atoms with Crippen molar-refractivity contribution in [2.45, 2.75) is 6.54 Å². The number of para-hydroxylation sites is 2. The Kier molecular flexibility index (Phi) is 3.64. The third-order valence-electron chi connectivity index (χ3n) is 2.63. The number of thiazole rings is 1. The molecule has 0 aliphatic rings. The first kappa shape index (κ1) is 11.9. The second-order valence-electron chi connectivity index (χ2n) is 4.17. The van der Waals surface area contributed by atoms with Crippen molar-refractivity contribution in [1.29, 1.82) is 0 Å². The Labute approximate surface area is 106 Å². The molecule has 0 atom stereocenters. The Morgan fingerprint density at radius 3 is 2.41 bits per heavy atom. The van der Waals surface area contributed by atoms with Gasteiger partial charge in [0, 0.05) is 32.7 Å². The van der Waals surface area contributed by atoms with Crippen LogP contribution in [0.2, 0.25) is 0 Å². The van der Waals surface area contributed by atoms with Crippen molar-refractivity contribution in [1.82, 2.24) is 4.98 Å². The van der Waals surface area contributed by atoms with Crippen molar-refractivity contribution in [3.63, 3.8) is 0 Å². The highest BCUT2D eigenvalue weighted by molar-refractivity contribution is 7.09. The number of hydrogen-bond donors (Lipinski definition) is 0. The summed E-state index contributed by atoms with van der Waals surface area (Å²) < 4.78 is 0. The molecule has 2 rings (SSSR count). The minimum absolute atomic E-state index is 0.850. The average Bonchev–Trinajstić information content (AvgIpc) is 2.81. The minimum atomic E-state index is 0.850. The molecule has 0 unspecified atom stereocenters. The Balaban J connectivity index is 2.21. The van der Waals surface area contributed by atoms with Gasteiger partial charge in [-0.25, -0.2) is 4.98 Å². The molecule has 0 radical (unpaired) electrons. The van der Waals surface area contributed by atoms with E-state index in [-0.39, 0.29) is 0 Å². The first-order chi connectivity index (χ1) is 8.18. The van der Waals surface area contributed by atoms with E-state index in [9.17, 15) is 0 Å². The van der Waals surface area contributed by atoms with Crippen LogP contribution in [0.4, 0.5) is 11.4 Å². The van der Waals surface area contributed by atoms with E-state index in [0.717, 1.165) is 11.6 Å². The molecule has 0 saturated heterocycles. The molecule has 1 aromatic heterocycles. The van der Waals surface area contributed by atoms with E-state index in [4.69, 9.17) is 0 Å². The molecule has 0 aliphatic carbocycles. The predicted molar refractivity (Wildman–Crippen MR) is 75.0 cm³/mol. The van der Waals surface area contributed by atoms with E-state index in [0.29, 0.717) is 0 Å². The Bertz CT molecular complexity index is 465. The summed E-state index contributed by atoms with van der Waals surface area (Å²) in [5.74, 6) is 0. The standard InChI is InChI=1S/C13H17N3S/c1-15(2)11-6-4-5-7-12(11)16(3)10-13-14-8-9-17-13/h4-9H,10H2,1-3H3. The van der Waals surface area contributed by atoms with Gasteiger partial charge in [0.1, 0.15) is 5.01 Å². The first-order valence-electron chi connectivity index (χ1n) is 5.54. The number of nitrogens with zero attached hydrogens (tertiary/aromatic N) is 3. The average molecular weight is 247 g/mol. The molecule has 90 valence electrons. The molecular formula is C13H17N3S. The van der Waals surface area contributed by atoms with Crippen molar-refractivity contribution in [2.75, 3.05) is 30.9 Å². The van der Waals surface area contributed by atoms with E-state index < -0.39 is 0 Å². The SMILES string of the molecule is CN(C)c1ccccc1N(C)Cc1nccs1. The summed E-state index contributed by atoms with van der Waals surface area (Å²) in [6.07, 6.45) is 1.85. The summed E-state index contributed by atoms with van der Waals surface area (Å²) in [6, 6.07) is 8.41. The fraction of sp³-hybridized carbons (Fsp3) is 0.308. The maximum atomic E-state index is 4.32. The van der Waals surface area contributed by atoms with Crippen molar-refractivity contribution < 1.29 is 0 Å². The maximum Gasteiger partial charge on any atom is 0.112 e. The van der Waals surface area contributed by atoms with E-state index in [1.165, 1.54) is 11.4 Å². The summed E-state index contributed by atoms with van der Waals surface area (Å²) in [6.45, 7) is 0.850. The van der Waals surface area contributed by atoms with Gasteiger partial charge < -0.3 is 9.80 Å². The molecule has 0 bridgehead atoms. The lowest BCUT2D eigenvalue weighted by molar-refractivity contribution is 0.905. The van der Waals surface area contributed by atoms with Crippen LogP contribution in [0.1, 0.15) is 5.01 Å². The fourth-order valence-corrected chi connectivity index (χ4v) is 2.45. The number of aromatic nitrogens is 1. The zero-order valence-electron chi connectivity index (χ0n) is 10.4. The van der Waals surface area contributed by atoms with Crippen LogP contribution in [0, 0.1) is 0 Å². The van der Waals surface area contributed by atoms with Gasteiger partial charge in [0.15, 0.2) is 0 Å². The molecule has 4 heteroatoms. The second kappa shape index (κ2) is 5.19. The first-order valence-corrected chi connectivity index (χ1v) is 6.42. The van der Waals surface area contributed by atoms with Gasteiger partial charge in [-0.15, -0.1) is 11.3 Å². The highest BCUT2D eigenvalue weighted by atomic mass is 32.1. The van der Waals surface area contributed by atoms with Crippen molar-refractivity contribution in [2.24, 2.45) is 0 Å². The molecule has 0 spiro atoms. The van der Waals surface area contributed by atoms with Crippen LogP contribution in [-0.2, 0) is 6.54 Å². The van der Waals surface area contributed by atoms with Crippen LogP contribution < -0.4 is 9.80 Å². The number of anilines is 2. The fourth-order valence-electron chi connectivity index (χ4n) is 1.78. The third-order valence-corrected chi connectivity index (χ3v) is 3.40. The van der Waals surface area contributed by atoms with Crippen LogP contribution >= 0.6 is 11.3 Å². The van der Waals surface area contributed by atoms with Crippen LogP contribution in [0.3, 0.4) is 0 Å². The third kappa shape index (κ3) is 2.77. The number of hydrogen-bond acceptors (Lipinski definition) is 4. The molecule has 3 nitrogen and oxygen atoms in total. The number of benzene rings is 1. The van der Waals surface area contributed by atoms with Gasteiger partial charge in [-0.3, -0.25) is 0 Å². The molecule has 17 heavy (non-hydrogen) atoms. The van der Waals surface area contributed by atoms with Crippen molar-refractivity contribution in [3.05, 3.63) is 40.8 Å². The smallest absolute Gasteiger partial charge is 0.112 e. The molecule has 0 N–H and O–H groups in total. The normalized spacial score (nSPS) is 10.3. The van der Waals surface area contributed by atoms with Crippen LogP contribution in [-0.4, -0.2) is 26.1 Å². The Morgan fingerprint density at radius 2 is 1.82 bits per heavy atom. The summed E-state index contributed by atoms with van der Waals surface area (Å²) in [4.78, 5) is 8.68. The quantitative estimate of drug-likeness (QED) is 0.828. The summed E-state index contributed by atoms with van der Waals surface area (Å²) in [5.41, 5.74) is 2.46. The van der Waals surface area contributed by atoms with Crippen LogP contribution in [0.25, 0.3) is 0 Å². The van der Waals surface area contributed by atoms with Gasteiger partial charge in [-0.2, -0.15) is 0 Å². The van der Waals surface area contributed by atoms with Crippen molar-refractivity contribution in [3.8, 4) is 0 Å². The lowest BCUT2D eigenvalue weighted by Gasteiger charge is -2.24. The van der Waals surface area contributed by atoms with Crippen LogP contribution in [0.5, 0.6) is 0 Å². The topological polar surface area (TPSA) is 19.4 Å².